The molecule has 4 heterocycles. The van der Waals surface area contributed by atoms with Crippen LogP contribution >= 0.6 is 0 Å². The maximum absolute atomic E-state index is 14.1. The van der Waals surface area contributed by atoms with E-state index in [2.05, 4.69) is 25.5 Å². The Balaban J connectivity index is 1.70. The van der Waals surface area contributed by atoms with Gasteiger partial charge in [0, 0.05) is 25.0 Å². The van der Waals surface area contributed by atoms with Crippen molar-refractivity contribution in [2.75, 3.05) is 31.7 Å². The summed E-state index contributed by atoms with van der Waals surface area (Å²) in [6.07, 6.45) is -1.47. The Labute approximate surface area is 185 Å². The fourth-order valence-corrected chi connectivity index (χ4v) is 3.38. The predicted octanol–water partition coefficient (Wildman–Crippen LogP) is 3.02. The van der Waals surface area contributed by atoms with Crippen LogP contribution in [0.4, 0.5) is 23.5 Å². The topological polar surface area (TPSA) is 101 Å². The van der Waals surface area contributed by atoms with E-state index in [0.717, 1.165) is 4.52 Å². The smallest absolute Gasteiger partial charge is 0.422 e. The quantitative estimate of drug-likeness (QED) is 0.499. The average Bonchev–Trinajstić information content (AvgIpc) is 3.40. The third kappa shape index (κ3) is 5.33. The van der Waals surface area contributed by atoms with Gasteiger partial charge in [-0.3, -0.25) is 0 Å². The molecule has 0 radical (unpaired) electrons. The standard InChI is InChI=1S/C19H23F4N7O3/c1-3-32-11(2)29-8-12(6-25-29)16-17(33-10-19(21,22)23)30-15(7-24-16)27-18(28-30)26-14-4-5-31-9-13(14)20/h6-8,11,13-14H,3-5,9-10H2,1-2H3,(H,26,28)/t11?,13-,14+/m1/s1. The lowest BCUT2D eigenvalue weighted by Crippen LogP contribution is -2.39. The SMILES string of the molecule is CCOC(C)n1cc(-c2ncc3nc(N[C@H]4CCOC[C@H]4F)nn3c2OCC(F)(F)F)cn1. The number of nitrogens with one attached hydrogen (secondary N) is 1. The van der Waals surface area contributed by atoms with Crippen LogP contribution in [0.2, 0.25) is 0 Å². The lowest BCUT2D eigenvalue weighted by atomic mass is 10.1. The number of halogens is 4. The van der Waals surface area contributed by atoms with Crippen molar-refractivity contribution in [3.8, 4) is 17.1 Å². The molecule has 1 aliphatic heterocycles. The van der Waals surface area contributed by atoms with Gasteiger partial charge in [0.15, 0.2) is 12.3 Å². The van der Waals surface area contributed by atoms with Crippen molar-refractivity contribution in [3.05, 3.63) is 18.6 Å². The molecule has 14 heteroatoms. The Hall–Kier alpha value is -3.00. The molecule has 0 aromatic carbocycles. The van der Waals surface area contributed by atoms with E-state index in [4.69, 9.17) is 14.2 Å². The number of aromatic nitrogens is 6. The molecule has 3 atom stereocenters. The van der Waals surface area contributed by atoms with Crippen LogP contribution in [-0.4, -0.2) is 74.2 Å². The van der Waals surface area contributed by atoms with Crippen LogP contribution in [0.5, 0.6) is 5.88 Å². The van der Waals surface area contributed by atoms with Crippen LogP contribution in [0.15, 0.2) is 18.6 Å². The van der Waals surface area contributed by atoms with Gasteiger partial charge in [0.2, 0.25) is 11.8 Å². The summed E-state index contributed by atoms with van der Waals surface area (Å²) in [6.45, 7) is 2.84. The van der Waals surface area contributed by atoms with Gasteiger partial charge in [-0.2, -0.15) is 27.8 Å². The first-order valence-corrected chi connectivity index (χ1v) is 10.3. The molecular formula is C19H23F4N7O3. The highest BCUT2D eigenvalue weighted by atomic mass is 19.4. The molecule has 33 heavy (non-hydrogen) atoms. The van der Waals surface area contributed by atoms with Crippen LogP contribution in [0.1, 0.15) is 26.5 Å². The van der Waals surface area contributed by atoms with Crippen molar-refractivity contribution in [3.63, 3.8) is 0 Å². The molecule has 0 saturated carbocycles. The van der Waals surface area contributed by atoms with Crippen molar-refractivity contribution < 1.29 is 31.8 Å². The van der Waals surface area contributed by atoms with Crippen LogP contribution in [0.25, 0.3) is 16.9 Å². The van der Waals surface area contributed by atoms with Gasteiger partial charge < -0.3 is 19.5 Å². The van der Waals surface area contributed by atoms with Gasteiger partial charge in [-0.05, 0) is 20.3 Å². The molecule has 3 aromatic heterocycles. The second-order valence-electron chi connectivity index (χ2n) is 7.42. The minimum absolute atomic E-state index is 0.0426. The molecule has 0 amide bonds. The van der Waals surface area contributed by atoms with Crippen LogP contribution in [-0.2, 0) is 9.47 Å². The number of hydrogen-bond acceptors (Lipinski definition) is 8. The van der Waals surface area contributed by atoms with E-state index < -0.39 is 25.0 Å². The Morgan fingerprint density at radius 2 is 2.15 bits per heavy atom. The molecule has 1 unspecified atom stereocenters. The van der Waals surface area contributed by atoms with Gasteiger partial charge in [0.05, 0.1) is 25.0 Å². The van der Waals surface area contributed by atoms with Crippen molar-refractivity contribution in [2.24, 2.45) is 0 Å². The first kappa shape index (κ1) is 23.2. The minimum Gasteiger partial charge on any atom is -0.466 e. The third-order valence-electron chi connectivity index (χ3n) is 4.97. The molecule has 1 aliphatic rings. The molecule has 180 valence electrons. The molecule has 1 fully saturated rings. The fourth-order valence-electron chi connectivity index (χ4n) is 3.38. The summed E-state index contributed by atoms with van der Waals surface area (Å²) in [5.41, 5.74) is 0.627. The monoisotopic (exact) mass is 473 g/mol. The molecular weight excluding hydrogens is 450 g/mol. The molecule has 1 saturated heterocycles. The zero-order chi connectivity index (χ0) is 23.6. The number of alkyl halides is 4. The molecule has 3 aromatic rings. The second kappa shape index (κ2) is 9.47. The van der Waals surface area contributed by atoms with Crippen molar-refractivity contribution in [2.45, 2.75) is 44.9 Å². The van der Waals surface area contributed by atoms with Gasteiger partial charge in [-0.15, -0.1) is 5.10 Å². The molecule has 4 rings (SSSR count). The highest BCUT2D eigenvalue weighted by Crippen LogP contribution is 2.31. The number of hydrogen-bond donors (Lipinski definition) is 1. The lowest BCUT2D eigenvalue weighted by molar-refractivity contribution is -0.154. The maximum atomic E-state index is 14.1. The Kier molecular flexibility index (Phi) is 6.65. The summed E-state index contributed by atoms with van der Waals surface area (Å²) < 4.78 is 71.2. The summed E-state index contributed by atoms with van der Waals surface area (Å²) in [5.74, 6) is -0.223. The predicted molar refractivity (Wildman–Crippen MR) is 108 cm³/mol. The average molecular weight is 473 g/mol. The zero-order valence-electron chi connectivity index (χ0n) is 17.9. The van der Waals surface area contributed by atoms with Gasteiger partial charge in [-0.1, -0.05) is 0 Å². The van der Waals surface area contributed by atoms with Gasteiger partial charge in [0.25, 0.3) is 0 Å². The largest absolute Gasteiger partial charge is 0.466 e. The van der Waals surface area contributed by atoms with E-state index in [1.54, 1.807) is 13.1 Å². The molecule has 10 nitrogen and oxygen atoms in total. The van der Waals surface area contributed by atoms with Gasteiger partial charge in [-0.25, -0.2) is 14.1 Å². The van der Waals surface area contributed by atoms with Crippen molar-refractivity contribution in [1.29, 1.82) is 0 Å². The first-order chi connectivity index (χ1) is 15.7. The van der Waals surface area contributed by atoms with E-state index in [1.807, 2.05) is 6.92 Å². The third-order valence-corrected chi connectivity index (χ3v) is 4.97. The molecule has 0 bridgehead atoms. The van der Waals surface area contributed by atoms with Gasteiger partial charge in [0.1, 0.15) is 18.1 Å². The fraction of sp³-hybridized carbons (Fsp3) is 0.579. The molecule has 0 spiro atoms. The van der Waals surface area contributed by atoms with E-state index in [0.29, 0.717) is 25.2 Å². The van der Waals surface area contributed by atoms with E-state index >= 15 is 0 Å². The normalized spacial score (nSPS) is 20.2. The maximum Gasteiger partial charge on any atom is 0.422 e. The summed E-state index contributed by atoms with van der Waals surface area (Å²) in [6, 6.07) is -0.582. The Morgan fingerprint density at radius 3 is 2.88 bits per heavy atom. The lowest BCUT2D eigenvalue weighted by Gasteiger charge is -2.26. The highest BCUT2D eigenvalue weighted by molar-refractivity contribution is 5.65. The summed E-state index contributed by atoms with van der Waals surface area (Å²) >= 11 is 0. The Bertz CT molecular complexity index is 1090. The molecule has 0 aliphatic carbocycles. The number of nitrogens with zero attached hydrogens (tertiary/aromatic N) is 6. The summed E-state index contributed by atoms with van der Waals surface area (Å²) in [4.78, 5) is 8.45. The van der Waals surface area contributed by atoms with Gasteiger partial charge >= 0.3 is 6.18 Å². The summed E-state index contributed by atoms with van der Waals surface area (Å²) in [5, 5.41) is 11.3. The second-order valence-corrected chi connectivity index (χ2v) is 7.42. The number of rotatable bonds is 8. The van der Waals surface area contributed by atoms with Crippen molar-refractivity contribution >= 4 is 11.6 Å². The van der Waals surface area contributed by atoms with E-state index in [9.17, 15) is 17.6 Å². The minimum atomic E-state index is -4.59. The van der Waals surface area contributed by atoms with Crippen molar-refractivity contribution in [1.82, 2.24) is 29.4 Å². The Morgan fingerprint density at radius 1 is 1.33 bits per heavy atom. The number of fused-ring (bicyclic) bond motifs is 1. The van der Waals surface area contributed by atoms with E-state index in [1.165, 1.54) is 17.1 Å². The van der Waals surface area contributed by atoms with E-state index in [-0.39, 0.29) is 36.0 Å². The van der Waals surface area contributed by atoms with Crippen LogP contribution in [0.3, 0.4) is 0 Å². The highest BCUT2D eigenvalue weighted by Gasteiger charge is 2.31. The number of anilines is 1. The summed E-state index contributed by atoms with van der Waals surface area (Å²) in [7, 11) is 0. The number of ether oxygens (including phenoxy) is 3. The van der Waals surface area contributed by atoms with Crippen LogP contribution < -0.4 is 10.1 Å². The first-order valence-electron chi connectivity index (χ1n) is 10.3. The van der Waals surface area contributed by atoms with Crippen LogP contribution in [0, 0.1) is 0 Å². The molecule has 1 N–H and O–H groups in total. The zero-order valence-corrected chi connectivity index (χ0v) is 17.9.